The van der Waals surface area contributed by atoms with Crippen LogP contribution in [0.3, 0.4) is 0 Å². The lowest BCUT2D eigenvalue weighted by atomic mass is 9.77. The Morgan fingerprint density at radius 3 is 1.62 bits per heavy atom. The first kappa shape index (κ1) is 33.0. The zero-order valence-corrected chi connectivity index (χ0v) is 32.4. The zero-order chi connectivity index (χ0) is 38.5. The van der Waals surface area contributed by atoms with Gasteiger partial charge in [0.2, 0.25) is 0 Å². The summed E-state index contributed by atoms with van der Waals surface area (Å²) in [5.41, 5.74) is 16.9. The molecular weight excluding hydrogens is 701 g/mol. The summed E-state index contributed by atoms with van der Waals surface area (Å²) in [6.07, 6.45) is 0. The Balaban J connectivity index is 1.07. The number of furan rings is 1. The number of hydrogen-bond donors (Lipinski definition) is 0. The molecule has 0 saturated carbocycles. The number of rotatable bonds is 4. The monoisotopic (exact) mass is 738 g/mol. The predicted molar refractivity (Wildman–Crippen MR) is 246 cm³/mol. The molecule has 58 heavy (non-hydrogen) atoms. The van der Waals surface area contributed by atoms with Crippen LogP contribution in [0.15, 0.2) is 199 Å². The summed E-state index contributed by atoms with van der Waals surface area (Å²) in [5.74, 6) is 0. The Kier molecular flexibility index (Phi) is 7.04. The molecule has 1 aliphatic carbocycles. The molecule has 1 aromatic heterocycles. The molecule has 0 aliphatic heterocycles. The van der Waals surface area contributed by atoms with Crippen LogP contribution in [0.25, 0.3) is 110 Å². The van der Waals surface area contributed by atoms with E-state index < -0.39 is 0 Å². The molecule has 0 N–H and O–H groups in total. The van der Waals surface area contributed by atoms with E-state index in [1.807, 2.05) is 6.07 Å². The Morgan fingerprint density at radius 1 is 0.328 bits per heavy atom. The lowest BCUT2D eigenvalue weighted by Crippen LogP contribution is -2.16. The fourth-order valence-corrected chi connectivity index (χ4v) is 10.5. The van der Waals surface area contributed by atoms with E-state index in [1.165, 1.54) is 88.0 Å². The molecule has 0 fully saturated rings. The fourth-order valence-electron chi connectivity index (χ4n) is 10.5. The predicted octanol–water partition coefficient (Wildman–Crippen LogP) is 16.0. The molecule has 1 aliphatic rings. The first-order chi connectivity index (χ1) is 28.6. The highest BCUT2D eigenvalue weighted by molar-refractivity contribution is 6.23. The van der Waals surface area contributed by atoms with Gasteiger partial charge in [-0.3, -0.25) is 0 Å². The van der Waals surface area contributed by atoms with Gasteiger partial charge in [-0.2, -0.15) is 0 Å². The lowest BCUT2D eigenvalue weighted by Gasteiger charge is -2.26. The third-order valence-electron chi connectivity index (χ3n) is 12.8. The van der Waals surface area contributed by atoms with Gasteiger partial charge in [-0.05, 0) is 106 Å². The average Bonchev–Trinajstić information content (AvgIpc) is 3.78. The first-order valence-corrected chi connectivity index (χ1v) is 20.3. The molecule has 0 amide bonds. The van der Waals surface area contributed by atoms with Crippen molar-refractivity contribution in [2.24, 2.45) is 0 Å². The maximum absolute atomic E-state index is 6.61. The average molecular weight is 739 g/mol. The molecule has 1 heteroatoms. The minimum Gasteiger partial charge on any atom is -0.455 e. The van der Waals surface area contributed by atoms with Crippen LogP contribution in [0.1, 0.15) is 25.0 Å². The van der Waals surface area contributed by atoms with E-state index in [-0.39, 0.29) is 5.41 Å². The molecule has 1 heterocycles. The number of benzene rings is 10. The van der Waals surface area contributed by atoms with Crippen molar-refractivity contribution in [1.82, 2.24) is 0 Å². The fraction of sp³-hybridized carbons (Fsp3) is 0.0526. The largest absolute Gasteiger partial charge is 0.455 e. The summed E-state index contributed by atoms with van der Waals surface area (Å²) >= 11 is 0. The van der Waals surface area contributed by atoms with Crippen molar-refractivity contribution in [2.75, 3.05) is 0 Å². The Morgan fingerprint density at radius 2 is 0.845 bits per heavy atom. The van der Waals surface area contributed by atoms with Gasteiger partial charge < -0.3 is 4.42 Å². The highest BCUT2D eigenvalue weighted by Gasteiger charge is 2.39. The number of hydrogen-bond acceptors (Lipinski definition) is 1. The van der Waals surface area contributed by atoms with Gasteiger partial charge in [-0.15, -0.1) is 0 Å². The molecule has 0 saturated heterocycles. The van der Waals surface area contributed by atoms with Gasteiger partial charge in [0.05, 0.1) is 0 Å². The van der Waals surface area contributed by atoms with Crippen molar-refractivity contribution < 1.29 is 4.42 Å². The minimum absolute atomic E-state index is 0.167. The van der Waals surface area contributed by atoms with Crippen molar-refractivity contribution in [3.63, 3.8) is 0 Å². The maximum atomic E-state index is 6.61. The smallest absolute Gasteiger partial charge is 0.143 e. The van der Waals surface area contributed by atoms with Gasteiger partial charge in [-0.1, -0.05) is 196 Å². The van der Waals surface area contributed by atoms with Crippen molar-refractivity contribution in [1.29, 1.82) is 0 Å². The standard InChI is InChI=1S/C57H38O/c1-57(2)54-38-19-4-3-16-35(38)32-33-48(54)47-28-14-27-39(55(47)57)36-17-13-18-37(34-36)52-43-23-7-9-25-45(43)53(46-26-10-8-24-44(46)52)42-22-6-5-20-40(42)49-29-15-30-50-41-21-11-12-31-51(41)58-56(49)50/h3-34H,1-2H3. The van der Waals surface area contributed by atoms with Crippen LogP contribution in [-0.2, 0) is 5.41 Å². The van der Waals surface area contributed by atoms with E-state index in [0.717, 1.165) is 33.1 Å². The number of para-hydroxylation sites is 2. The van der Waals surface area contributed by atoms with Crippen LogP contribution in [-0.4, -0.2) is 0 Å². The Hall–Kier alpha value is -7.22. The summed E-state index contributed by atoms with van der Waals surface area (Å²) in [6, 6.07) is 71.3. The molecule has 0 spiro atoms. The highest BCUT2D eigenvalue weighted by Crippen LogP contribution is 2.55. The second-order valence-electron chi connectivity index (χ2n) is 16.3. The molecule has 0 atom stereocenters. The second-order valence-corrected chi connectivity index (χ2v) is 16.3. The van der Waals surface area contributed by atoms with Crippen LogP contribution in [0.2, 0.25) is 0 Å². The van der Waals surface area contributed by atoms with Gasteiger partial charge in [0, 0.05) is 21.8 Å². The maximum Gasteiger partial charge on any atom is 0.143 e. The summed E-state index contributed by atoms with van der Waals surface area (Å²) in [5, 5.41) is 9.85. The van der Waals surface area contributed by atoms with Crippen LogP contribution in [0, 0.1) is 0 Å². The SMILES string of the molecule is CC1(C)c2c(-c3cccc(-c4c5ccccc5c(-c5ccccc5-c5cccc6c5oc5ccccc56)c5ccccc45)c3)cccc2-c2ccc3ccccc3c21. The first-order valence-electron chi connectivity index (χ1n) is 20.3. The van der Waals surface area contributed by atoms with Gasteiger partial charge in [0.15, 0.2) is 0 Å². The van der Waals surface area contributed by atoms with E-state index in [9.17, 15) is 0 Å². The van der Waals surface area contributed by atoms with E-state index in [0.29, 0.717) is 0 Å². The molecule has 1 nitrogen and oxygen atoms in total. The number of fused-ring (bicyclic) bond motifs is 10. The van der Waals surface area contributed by atoms with Gasteiger partial charge >= 0.3 is 0 Å². The second kappa shape index (κ2) is 12.4. The van der Waals surface area contributed by atoms with E-state index in [4.69, 9.17) is 4.42 Å². The van der Waals surface area contributed by atoms with Crippen LogP contribution in [0.4, 0.5) is 0 Å². The van der Waals surface area contributed by atoms with Crippen LogP contribution in [0.5, 0.6) is 0 Å². The summed E-state index contributed by atoms with van der Waals surface area (Å²) in [6.45, 7) is 4.81. The van der Waals surface area contributed by atoms with Crippen LogP contribution < -0.4 is 0 Å². The summed E-state index contributed by atoms with van der Waals surface area (Å²) < 4.78 is 6.61. The third kappa shape index (κ3) is 4.65. The van der Waals surface area contributed by atoms with Crippen molar-refractivity contribution in [2.45, 2.75) is 19.3 Å². The topological polar surface area (TPSA) is 13.1 Å². The van der Waals surface area contributed by atoms with Gasteiger partial charge in [0.25, 0.3) is 0 Å². The van der Waals surface area contributed by atoms with Gasteiger partial charge in [0.1, 0.15) is 11.2 Å². The summed E-state index contributed by atoms with van der Waals surface area (Å²) in [7, 11) is 0. The molecule has 12 rings (SSSR count). The van der Waals surface area contributed by atoms with Crippen molar-refractivity contribution in [3.05, 3.63) is 205 Å². The molecule has 0 radical (unpaired) electrons. The van der Waals surface area contributed by atoms with E-state index >= 15 is 0 Å². The normalized spacial score (nSPS) is 13.1. The van der Waals surface area contributed by atoms with Crippen LogP contribution >= 0.6 is 0 Å². The van der Waals surface area contributed by atoms with Crippen molar-refractivity contribution >= 4 is 54.3 Å². The summed E-state index contributed by atoms with van der Waals surface area (Å²) in [4.78, 5) is 0. The lowest BCUT2D eigenvalue weighted by molar-refractivity contribution is 0.668. The zero-order valence-electron chi connectivity index (χ0n) is 32.4. The molecule has 0 unspecified atom stereocenters. The Labute approximate surface area is 337 Å². The molecule has 0 bridgehead atoms. The quantitative estimate of drug-likeness (QED) is 0.164. The highest BCUT2D eigenvalue weighted by atomic mass is 16.3. The van der Waals surface area contributed by atoms with E-state index in [1.54, 1.807) is 0 Å². The molecule has 11 aromatic rings. The molecule has 272 valence electrons. The molecular formula is C57H38O. The van der Waals surface area contributed by atoms with E-state index in [2.05, 4.69) is 202 Å². The third-order valence-corrected chi connectivity index (χ3v) is 12.8. The Bertz CT molecular complexity index is 3430. The van der Waals surface area contributed by atoms with Gasteiger partial charge in [-0.25, -0.2) is 0 Å². The minimum atomic E-state index is -0.167. The van der Waals surface area contributed by atoms with Crippen molar-refractivity contribution in [3.8, 4) is 55.6 Å². The molecule has 10 aromatic carbocycles.